The second-order valence-electron chi connectivity index (χ2n) is 7.34. The minimum Gasteiger partial charge on any atom is -0.399 e. The SMILES string of the molecule is Nc1ccc2nc(SCC(=O)Nc3ccc4nc(SCC(=O)NC5CC5)sc4c3)sc2c1. The first kappa shape index (κ1) is 21.5. The number of nitrogens with one attached hydrogen (secondary N) is 2. The molecule has 2 aromatic carbocycles. The average molecular weight is 502 g/mol. The zero-order valence-electron chi connectivity index (χ0n) is 16.8. The summed E-state index contributed by atoms with van der Waals surface area (Å²) in [7, 11) is 0. The zero-order valence-corrected chi connectivity index (χ0v) is 20.1. The van der Waals surface area contributed by atoms with Crippen LogP contribution in [0.4, 0.5) is 11.4 Å². The van der Waals surface area contributed by atoms with Gasteiger partial charge in [-0.3, -0.25) is 9.59 Å². The number of carbonyl (C=O) groups excluding carboxylic acids is 2. The smallest absolute Gasteiger partial charge is 0.234 e. The monoisotopic (exact) mass is 501 g/mol. The largest absolute Gasteiger partial charge is 0.399 e. The lowest BCUT2D eigenvalue weighted by atomic mass is 10.3. The molecule has 1 aliphatic carbocycles. The molecule has 0 radical (unpaired) electrons. The number of amides is 2. The second kappa shape index (κ2) is 9.26. The van der Waals surface area contributed by atoms with Gasteiger partial charge in [0.2, 0.25) is 11.8 Å². The number of fused-ring (bicyclic) bond motifs is 2. The standard InChI is InChI=1S/C21H19N5O2S4/c22-11-1-5-14-16(7-11)31-20(25-14)30-10-19(28)24-13-4-6-15-17(8-13)32-21(26-15)29-9-18(27)23-12-2-3-12/h1,4-8,12H,2-3,9-10,22H2,(H,23,27)(H,24,28). The number of nitrogens with two attached hydrogens (primary N) is 1. The van der Waals surface area contributed by atoms with Crippen molar-refractivity contribution in [2.24, 2.45) is 0 Å². The Labute approximate surface area is 200 Å². The molecule has 4 N–H and O–H groups in total. The summed E-state index contributed by atoms with van der Waals surface area (Å²) < 4.78 is 3.68. The molecule has 0 bridgehead atoms. The maximum atomic E-state index is 12.4. The third kappa shape index (κ3) is 5.34. The van der Waals surface area contributed by atoms with Gasteiger partial charge in [0, 0.05) is 17.4 Å². The quantitative estimate of drug-likeness (QED) is 0.239. The lowest BCUT2D eigenvalue weighted by Gasteiger charge is -2.03. The summed E-state index contributed by atoms with van der Waals surface area (Å²) in [6.07, 6.45) is 2.17. The Balaban J connectivity index is 1.16. The Kier molecular flexibility index (Phi) is 6.22. The van der Waals surface area contributed by atoms with Gasteiger partial charge in [-0.05, 0) is 49.2 Å². The lowest BCUT2D eigenvalue weighted by Crippen LogP contribution is -2.26. The third-order valence-electron chi connectivity index (χ3n) is 4.64. The van der Waals surface area contributed by atoms with Crippen LogP contribution < -0.4 is 16.4 Å². The van der Waals surface area contributed by atoms with Crippen molar-refractivity contribution in [3.63, 3.8) is 0 Å². The van der Waals surface area contributed by atoms with E-state index >= 15 is 0 Å². The number of anilines is 2. The highest BCUT2D eigenvalue weighted by Gasteiger charge is 2.23. The van der Waals surface area contributed by atoms with Crippen LogP contribution in [-0.2, 0) is 9.59 Å². The van der Waals surface area contributed by atoms with Gasteiger partial charge in [0.15, 0.2) is 8.68 Å². The maximum Gasteiger partial charge on any atom is 0.234 e. The number of aromatic nitrogens is 2. The first-order valence-electron chi connectivity index (χ1n) is 9.93. The number of thiazole rings is 2. The van der Waals surface area contributed by atoms with Crippen LogP contribution in [0.25, 0.3) is 20.4 Å². The number of nitrogens with zero attached hydrogens (tertiary/aromatic N) is 2. The van der Waals surface area contributed by atoms with Crippen molar-refractivity contribution >= 4 is 89.8 Å². The molecule has 32 heavy (non-hydrogen) atoms. The van der Waals surface area contributed by atoms with Crippen LogP contribution in [0.5, 0.6) is 0 Å². The molecule has 1 saturated carbocycles. The van der Waals surface area contributed by atoms with Crippen molar-refractivity contribution in [1.82, 2.24) is 15.3 Å². The normalized spacial score (nSPS) is 13.5. The molecule has 5 rings (SSSR count). The van der Waals surface area contributed by atoms with Crippen LogP contribution in [-0.4, -0.2) is 39.3 Å². The number of rotatable bonds is 8. The number of thioether (sulfide) groups is 2. The number of benzene rings is 2. The molecular formula is C21H19N5O2S4. The number of hydrogen-bond acceptors (Lipinski definition) is 9. The zero-order chi connectivity index (χ0) is 22.1. The van der Waals surface area contributed by atoms with Gasteiger partial charge >= 0.3 is 0 Å². The van der Waals surface area contributed by atoms with E-state index in [0.29, 0.717) is 17.5 Å². The second-order valence-corrected chi connectivity index (χ2v) is 11.8. The first-order chi connectivity index (χ1) is 15.5. The van der Waals surface area contributed by atoms with Crippen LogP contribution in [0.15, 0.2) is 45.1 Å². The fraction of sp³-hybridized carbons (Fsp3) is 0.238. The Morgan fingerprint density at radius 1 is 0.938 bits per heavy atom. The van der Waals surface area contributed by atoms with Gasteiger partial charge < -0.3 is 16.4 Å². The topological polar surface area (TPSA) is 110 Å². The highest BCUT2D eigenvalue weighted by atomic mass is 32.2. The number of nitrogen functional groups attached to an aromatic ring is 1. The van der Waals surface area contributed by atoms with Crippen molar-refractivity contribution in [1.29, 1.82) is 0 Å². The first-order valence-corrected chi connectivity index (χ1v) is 13.5. The molecule has 0 spiro atoms. The molecule has 1 fully saturated rings. The molecule has 164 valence electrons. The van der Waals surface area contributed by atoms with Crippen molar-refractivity contribution in [2.45, 2.75) is 27.6 Å². The summed E-state index contributed by atoms with van der Waals surface area (Å²) in [5, 5.41) is 5.92. The molecule has 2 amide bonds. The third-order valence-corrected chi connectivity index (χ3v) is 8.96. The summed E-state index contributed by atoms with van der Waals surface area (Å²) in [5.41, 5.74) is 9.00. The van der Waals surface area contributed by atoms with E-state index in [9.17, 15) is 9.59 Å². The summed E-state index contributed by atoms with van der Waals surface area (Å²) >= 11 is 5.91. The van der Waals surface area contributed by atoms with E-state index in [1.54, 1.807) is 0 Å². The van der Waals surface area contributed by atoms with Crippen LogP contribution in [0, 0.1) is 0 Å². The summed E-state index contributed by atoms with van der Waals surface area (Å²) in [4.78, 5) is 33.4. The van der Waals surface area contributed by atoms with Crippen LogP contribution in [0.1, 0.15) is 12.8 Å². The van der Waals surface area contributed by atoms with Gasteiger partial charge in [0.1, 0.15) is 0 Å². The lowest BCUT2D eigenvalue weighted by molar-refractivity contribution is -0.118. The Bertz CT molecular complexity index is 1310. The average Bonchev–Trinajstić information content (AvgIpc) is 3.33. The Morgan fingerprint density at radius 2 is 1.56 bits per heavy atom. The molecule has 0 atom stereocenters. The van der Waals surface area contributed by atoms with Crippen LogP contribution in [0.3, 0.4) is 0 Å². The van der Waals surface area contributed by atoms with E-state index in [-0.39, 0.29) is 17.6 Å². The highest BCUT2D eigenvalue weighted by Crippen LogP contribution is 2.33. The number of hydrogen-bond donors (Lipinski definition) is 3. The van der Waals surface area contributed by atoms with Crippen LogP contribution in [0.2, 0.25) is 0 Å². The van der Waals surface area contributed by atoms with E-state index in [4.69, 9.17) is 5.73 Å². The predicted molar refractivity (Wildman–Crippen MR) is 135 cm³/mol. The van der Waals surface area contributed by atoms with Gasteiger partial charge in [0.25, 0.3) is 0 Å². The molecule has 0 saturated heterocycles. The van der Waals surface area contributed by atoms with Gasteiger partial charge in [-0.2, -0.15) is 0 Å². The Hall–Kier alpha value is -2.34. The predicted octanol–water partition coefficient (Wildman–Crippen LogP) is 4.59. The van der Waals surface area contributed by atoms with E-state index in [1.807, 2.05) is 36.4 Å². The molecule has 11 heteroatoms. The minimum atomic E-state index is -0.0935. The maximum absolute atomic E-state index is 12.4. The molecule has 0 unspecified atom stereocenters. The molecule has 7 nitrogen and oxygen atoms in total. The summed E-state index contributed by atoms with van der Waals surface area (Å²) in [6.45, 7) is 0. The molecule has 2 aromatic heterocycles. The fourth-order valence-corrected chi connectivity index (χ4v) is 6.81. The minimum absolute atomic E-state index is 0.0544. The van der Waals surface area contributed by atoms with Crippen molar-refractivity contribution in [2.75, 3.05) is 22.6 Å². The molecule has 2 heterocycles. The Morgan fingerprint density at radius 3 is 2.25 bits per heavy atom. The molecular weight excluding hydrogens is 483 g/mol. The fourth-order valence-electron chi connectivity index (χ4n) is 2.97. The van der Waals surface area contributed by atoms with Gasteiger partial charge in [0.05, 0.1) is 31.9 Å². The summed E-state index contributed by atoms with van der Waals surface area (Å²) in [5.74, 6) is 0.603. The molecule has 1 aliphatic rings. The van der Waals surface area contributed by atoms with Gasteiger partial charge in [-0.25, -0.2) is 9.97 Å². The number of carbonyl (C=O) groups is 2. The van der Waals surface area contributed by atoms with E-state index in [0.717, 1.165) is 47.6 Å². The van der Waals surface area contributed by atoms with E-state index in [2.05, 4.69) is 20.6 Å². The van der Waals surface area contributed by atoms with E-state index in [1.165, 1.54) is 46.2 Å². The van der Waals surface area contributed by atoms with Crippen molar-refractivity contribution < 1.29 is 9.59 Å². The van der Waals surface area contributed by atoms with Gasteiger partial charge in [-0.15, -0.1) is 22.7 Å². The summed E-state index contributed by atoms with van der Waals surface area (Å²) in [6, 6.07) is 11.6. The van der Waals surface area contributed by atoms with Crippen molar-refractivity contribution in [3.8, 4) is 0 Å². The molecule has 4 aromatic rings. The highest BCUT2D eigenvalue weighted by molar-refractivity contribution is 8.02. The van der Waals surface area contributed by atoms with E-state index < -0.39 is 0 Å². The van der Waals surface area contributed by atoms with Crippen molar-refractivity contribution in [3.05, 3.63) is 36.4 Å². The molecule has 0 aliphatic heterocycles. The van der Waals surface area contributed by atoms with Gasteiger partial charge in [-0.1, -0.05) is 23.5 Å². The van der Waals surface area contributed by atoms with Crippen LogP contribution >= 0.6 is 46.2 Å².